The summed E-state index contributed by atoms with van der Waals surface area (Å²) in [4.78, 5) is 9.02. The lowest BCUT2D eigenvalue weighted by Crippen LogP contribution is -2.60. The van der Waals surface area contributed by atoms with E-state index in [4.69, 9.17) is 5.73 Å². The Hall–Kier alpha value is -1.27. The molecule has 0 aromatic heterocycles. The van der Waals surface area contributed by atoms with E-state index in [1.165, 1.54) is 6.92 Å². The fourth-order valence-electron chi connectivity index (χ4n) is 2.93. The Morgan fingerprint density at radius 1 is 1.32 bits per heavy atom. The topological polar surface area (TPSA) is 138 Å². The summed E-state index contributed by atoms with van der Waals surface area (Å²) in [5.74, 6) is -1.47. The van der Waals surface area contributed by atoms with Crippen LogP contribution in [0.3, 0.4) is 0 Å². The summed E-state index contributed by atoms with van der Waals surface area (Å²) < 4.78 is 55.2. The SMILES string of the molecule is CC(C)(C)[S+]([O-])N[C@@](C)(CS(=O)(=O)C1(N)CCC1)c1cc([N+](=O)[O-])ccc1F. The fourth-order valence-corrected chi connectivity index (χ4v) is 6.10. The van der Waals surface area contributed by atoms with Crippen molar-refractivity contribution in [2.75, 3.05) is 5.75 Å². The first-order valence-corrected chi connectivity index (χ1v) is 11.6. The third-order valence-electron chi connectivity index (χ3n) is 4.93. The van der Waals surface area contributed by atoms with Gasteiger partial charge in [0.2, 0.25) is 0 Å². The summed E-state index contributed by atoms with van der Waals surface area (Å²) in [5.41, 5.74) is 3.68. The number of sulfone groups is 1. The summed E-state index contributed by atoms with van der Waals surface area (Å²) in [6.07, 6.45) is 1.23. The van der Waals surface area contributed by atoms with Gasteiger partial charge in [0.1, 0.15) is 21.0 Å². The molecule has 0 spiro atoms. The van der Waals surface area contributed by atoms with Gasteiger partial charge in [0.25, 0.3) is 5.69 Å². The quantitative estimate of drug-likeness (QED) is 0.380. The average molecular weight is 436 g/mol. The second kappa shape index (κ2) is 7.52. The molecular weight excluding hydrogens is 409 g/mol. The fraction of sp³-hybridized carbons (Fsp3) is 0.647. The van der Waals surface area contributed by atoms with Crippen molar-refractivity contribution in [2.24, 2.45) is 5.73 Å². The van der Waals surface area contributed by atoms with Gasteiger partial charge in [-0.25, -0.2) is 12.8 Å². The highest BCUT2D eigenvalue weighted by molar-refractivity contribution is 7.93. The summed E-state index contributed by atoms with van der Waals surface area (Å²) in [6.45, 7) is 6.39. The second-order valence-corrected chi connectivity index (χ2v) is 12.7. The number of hydrogen-bond acceptors (Lipinski definition) is 7. The molecule has 1 aromatic carbocycles. The molecule has 11 heteroatoms. The van der Waals surface area contributed by atoms with Gasteiger partial charge in [0.05, 0.1) is 10.7 Å². The number of rotatable bonds is 7. The molecule has 1 aliphatic rings. The molecule has 8 nitrogen and oxygen atoms in total. The summed E-state index contributed by atoms with van der Waals surface area (Å²) in [7, 11) is -3.93. The first-order valence-electron chi connectivity index (χ1n) is 8.77. The van der Waals surface area contributed by atoms with Crippen molar-refractivity contribution in [1.29, 1.82) is 0 Å². The summed E-state index contributed by atoms with van der Waals surface area (Å²) in [5, 5.41) is 11.1. The highest BCUT2D eigenvalue weighted by atomic mass is 32.2. The molecule has 1 aromatic rings. The molecule has 1 unspecified atom stereocenters. The number of halogens is 1. The van der Waals surface area contributed by atoms with Gasteiger partial charge in [-0.1, -0.05) is 0 Å². The molecule has 1 saturated carbocycles. The minimum absolute atomic E-state index is 0.245. The van der Waals surface area contributed by atoms with Gasteiger partial charge >= 0.3 is 0 Å². The van der Waals surface area contributed by atoms with Crippen molar-refractivity contribution >= 4 is 26.9 Å². The van der Waals surface area contributed by atoms with Gasteiger partial charge in [-0.3, -0.25) is 10.1 Å². The first kappa shape index (κ1) is 23.0. The minimum Gasteiger partial charge on any atom is -0.598 e. The third kappa shape index (κ3) is 4.48. The van der Waals surface area contributed by atoms with E-state index >= 15 is 0 Å². The van der Waals surface area contributed by atoms with Crippen molar-refractivity contribution in [3.8, 4) is 0 Å². The van der Waals surface area contributed by atoms with Gasteiger partial charge in [0, 0.05) is 29.1 Å². The molecule has 0 heterocycles. The first-order chi connectivity index (χ1) is 12.6. The Balaban J connectivity index is 2.56. The number of nitro benzene ring substituents is 1. The smallest absolute Gasteiger partial charge is 0.269 e. The molecule has 0 saturated heterocycles. The zero-order chi connectivity index (χ0) is 21.5. The Morgan fingerprint density at radius 3 is 2.32 bits per heavy atom. The highest BCUT2D eigenvalue weighted by Crippen LogP contribution is 2.39. The lowest BCUT2D eigenvalue weighted by Gasteiger charge is -2.41. The van der Waals surface area contributed by atoms with Crippen LogP contribution in [-0.2, 0) is 26.7 Å². The zero-order valence-electron chi connectivity index (χ0n) is 16.3. The lowest BCUT2D eigenvalue weighted by atomic mass is 9.93. The molecule has 2 rings (SSSR count). The normalized spacial score (nSPS) is 20.1. The molecule has 2 atom stereocenters. The van der Waals surface area contributed by atoms with E-state index in [1.54, 1.807) is 20.8 Å². The molecular formula is C17H26FN3O5S2. The monoisotopic (exact) mass is 435 g/mol. The predicted octanol–water partition coefficient (Wildman–Crippen LogP) is 2.25. The van der Waals surface area contributed by atoms with Crippen molar-refractivity contribution in [3.63, 3.8) is 0 Å². The molecule has 28 heavy (non-hydrogen) atoms. The maximum Gasteiger partial charge on any atom is 0.269 e. The van der Waals surface area contributed by atoms with E-state index in [-0.39, 0.29) is 18.4 Å². The number of benzene rings is 1. The molecule has 158 valence electrons. The van der Waals surface area contributed by atoms with Crippen LogP contribution < -0.4 is 10.5 Å². The zero-order valence-corrected chi connectivity index (χ0v) is 18.0. The standard InChI is InChI=1S/C17H26FN3O5S2/c1-15(2,3)27(24)20-16(4,11-28(25,26)17(19)8-5-9-17)13-10-12(21(22)23)6-7-14(13)18/h6-7,10,20H,5,8-9,11,19H2,1-4H3/t16-,27?/m0/s1. The van der Waals surface area contributed by atoms with E-state index in [1.807, 2.05) is 0 Å². The van der Waals surface area contributed by atoms with Crippen LogP contribution in [0.4, 0.5) is 10.1 Å². The Bertz CT molecular complexity index is 868. The van der Waals surface area contributed by atoms with E-state index in [0.29, 0.717) is 6.42 Å². The van der Waals surface area contributed by atoms with E-state index in [2.05, 4.69) is 4.72 Å². The highest BCUT2D eigenvalue weighted by Gasteiger charge is 2.51. The number of nitrogens with two attached hydrogens (primary N) is 1. The van der Waals surface area contributed by atoms with E-state index < -0.39 is 58.5 Å². The van der Waals surface area contributed by atoms with Crippen molar-refractivity contribution < 1.29 is 22.3 Å². The summed E-state index contributed by atoms with van der Waals surface area (Å²) in [6, 6.07) is 2.87. The van der Waals surface area contributed by atoms with Crippen molar-refractivity contribution in [3.05, 3.63) is 39.7 Å². The van der Waals surface area contributed by atoms with Crippen LogP contribution in [0, 0.1) is 15.9 Å². The van der Waals surface area contributed by atoms with Crippen LogP contribution in [0.25, 0.3) is 0 Å². The van der Waals surface area contributed by atoms with E-state index in [0.717, 1.165) is 18.2 Å². The summed E-state index contributed by atoms with van der Waals surface area (Å²) >= 11 is -1.77. The maximum absolute atomic E-state index is 14.7. The molecule has 3 N–H and O–H groups in total. The molecule has 1 aliphatic carbocycles. The van der Waals surface area contributed by atoms with Crippen LogP contribution in [-0.4, -0.2) is 33.3 Å². The Kier molecular flexibility index (Phi) is 6.18. The molecule has 0 aliphatic heterocycles. The molecule has 0 radical (unpaired) electrons. The van der Waals surface area contributed by atoms with Gasteiger partial charge < -0.3 is 10.3 Å². The van der Waals surface area contributed by atoms with Gasteiger partial charge in [-0.2, -0.15) is 0 Å². The van der Waals surface area contributed by atoms with Crippen LogP contribution in [0.1, 0.15) is 52.5 Å². The number of non-ortho nitro benzene ring substituents is 1. The maximum atomic E-state index is 14.7. The van der Waals surface area contributed by atoms with Crippen molar-refractivity contribution in [1.82, 2.24) is 4.72 Å². The lowest BCUT2D eigenvalue weighted by molar-refractivity contribution is -0.385. The number of nitro groups is 1. The van der Waals surface area contributed by atoms with Crippen LogP contribution in [0.5, 0.6) is 0 Å². The van der Waals surface area contributed by atoms with Gasteiger partial charge in [-0.15, -0.1) is 4.72 Å². The van der Waals surface area contributed by atoms with Crippen LogP contribution in [0.2, 0.25) is 0 Å². The number of nitrogens with zero attached hydrogens (tertiary/aromatic N) is 1. The Morgan fingerprint density at radius 2 is 1.89 bits per heavy atom. The second-order valence-electron chi connectivity index (χ2n) is 8.41. The van der Waals surface area contributed by atoms with Crippen molar-refractivity contribution in [2.45, 2.75) is 62.1 Å². The Labute approximate surface area is 167 Å². The minimum atomic E-state index is -3.93. The molecule has 0 amide bonds. The molecule has 0 bridgehead atoms. The third-order valence-corrected chi connectivity index (χ3v) is 9.28. The van der Waals surface area contributed by atoms with E-state index in [9.17, 15) is 27.5 Å². The average Bonchev–Trinajstić information content (AvgIpc) is 2.50. The predicted molar refractivity (Wildman–Crippen MR) is 106 cm³/mol. The van der Waals surface area contributed by atoms with Gasteiger partial charge in [-0.05, 0) is 53.0 Å². The largest absolute Gasteiger partial charge is 0.598 e. The van der Waals surface area contributed by atoms with Gasteiger partial charge in [0.15, 0.2) is 9.84 Å². The molecule has 1 fully saturated rings. The van der Waals surface area contributed by atoms with Crippen LogP contribution >= 0.6 is 0 Å². The van der Waals surface area contributed by atoms with Crippen LogP contribution in [0.15, 0.2) is 18.2 Å². The number of hydrogen-bond donors (Lipinski definition) is 2. The number of nitrogens with one attached hydrogen (secondary N) is 1.